The number of amides is 1. The highest BCUT2D eigenvalue weighted by Crippen LogP contribution is 2.23. The number of aryl methyl sites for hydroxylation is 3. The lowest BCUT2D eigenvalue weighted by molar-refractivity contribution is -0.152. The molecule has 126 valence electrons. The quantitative estimate of drug-likeness (QED) is 0.858. The van der Waals surface area contributed by atoms with Crippen molar-refractivity contribution in [3.63, 3.8) is 0 Å². The number of benzene rings is 1. The van der Waals surface area contributed by atoms with Crippen molar-refractivity contribution in [1.82, 2.24) is 4.90 Å². The number of aliphatic hydroxyl groups is 1. The maximum absolute atomic E-state index is 12.7. The highest BCUT2D eigenvalue weighted by atomic mass is 16.5. The number of hydrogen-bond donors (Lipinski definition) is 1. The number of β-amino-alcohol motifs (C(OH)–C–C–N with tert-alkyl or cyclic N) is 1. The van der Waals surface area contributed by atoms with Crippen molar-refractivity contribution in [3.8, 4) is 0 Å². The first-order valence-corrected chi connectivity index (χ1v) is 8.04. The van der Waals surface area contributed by atoms with Crippen LogP contribution in [0, 0.1) is 20.8 Å². The molecule has 1 N–H and O–H groups in total. The van der Waals surface area contributed by atoms with Gasteiger partial charge in [-0.2, -0.15) is 0 Å². The Morgan fingerprint density at radius 2 is 1.87 bits per heavy atom. The Morgan fingerprint density at radius 1 is 1.26 bits per heavy atom. The summed E-state index contributed by atoms with van der Waals surface area (Å²) in [5.74, 6) is -0.579. The van der Waals surface area contributed by atoms with Gasteiger partial charge in [0.1, 0.15) is 6.04 Å². The van der Waals surface area contributed by atoms with Crippen LogP contribution in [0.15, 0.2) is 12.1 Å². The fourth-order valence-corrected chi connectivity index (χ4v) is 3.29. The van der Waals surface area contributed by atoms with E-state index in [2.05, 4.69) is 12.1 Å². The summed E-state index contributed by atoms with van der Waals surface area (Å²) >= 11 is 0. The van der Waals surface area contributed by atoms with Crippen molar-refractivity contribution in [2.75, 3.05) is 13.2 Å². The first-order valence-electron chi connectivity index (χ1n) is 8.04. The predicted octanol–water partition coefficient (Wildman–Crippen LogP) is 1.68. The first kappa shape index (κ1) is 17.5. The lowest BCUT2D eigenvalue weighted by atomic mass is 9.97. The highest BCUT2D eigenvalue weighted by molar-refractivity contribution is 5.87. The number of nitrogens with zero attached hydrogens (tertiary/aromatic N) is 1. The lowest BCUT2D eigenvalue weighted by Crippen LogP contribution is -2.42. The highest BCUT2D eigenvalue weighted by Gasteiger charge is 2.39. The van der Waals surface area contributed by atoms with Crippen LogP contribution in [0.25, 0.3) is 0 Å². The van der Waals surface area contributed by atoms with Gasteiger partial charge in [-0.3, -0.25) is 4.79 Å². The summed E-state index contributed by atoms with van der Waals surface area (Å²) in [6.45, 7) is 8.19. The molecule has 1 heterocycles. The second-order valence-corrected chi connectivity index (χ2v) is 6.26. The van der Waals surface area contributed by atoms with E-state index >= 15 is 0 Å². The summed E-state index contributed by atoms with van der Waals surface area (Å²) in [6, 6.07) is 3.43. The number of hydrogen-bond acceptors (Lipinski definition) is 4. The van der Waals surface area contributed by atoms with Gasteiger partial charge in [0.05, 0.1) is 19.1 Å². The monoisotopic (exact) mass is 319 g/mol. The minimum absolute atomic E-state index is 0.144. The van der Waals surface area contributed by atoms with Crippen molar-refractivity contribution in [2.24, 2.45) is 0 Å². The van der Waals surface area contributed by atoms with Crippen molar-refractivity contribution in [1.29, 1.82) is 0 Å². The van der Waals surface area contributed by atoms with E-state index in [1.807, 2.05) is 20.8 Å². The van der Waals surface area contributed by atoms with Crippen LogP contribution in [-0.2, 0) is 20.7 Å². The molecule has 1 fully saturated rings. The third-order valence-corrected chi connectivity index (χ3v) is 4.33. The van der Waals surface area contributed by atoms with Crippen LogP contribution in [0.4, 0.5) is 0 Å². The molecule has 2 unspecified atom stereocenters. The minimum Gasteiger partial charge on any atom is -0.464 e. The van der Waals surface area contributed by atoms with Gasteiger partial charge in [0.2, 0.25) is 5.91 Å². The van der Waals surface area contributed by atoms with Crippen LogP contribution in [-0.4, -0.2) is 47.2 Å². The molecule has 1 aromatic rings. The molecule has 1 aromatic carbocycles. The molecule has 0 bridgehead atoms. The Morgan fingerprint density at radius 3 is 2.43 bits per heavy atom. The molecule has 5 heteroatoms. The average Bonchev–Trinajstić information content (AvgIpc) is 2.85. The van der Waals surface area contributed by atoms with Crippen molar-refractivity contribution in [2.45, 2.75) is 52.7 Å². The topological polar surface area (TPSA) is 66.8 Å². The number of carbonyl (C=O) groups excluding carboxylic acids is 2. The predicted molar refractivity (Wildman–Crippen MR) is 87.1 cm³/mol. The summed E-state index contributed by atoms with van der Waals surface area (Å²) in [7, 11) is 0. The largest absolute Gasteiger partial charge is 0.464 e. The van der Waals surface area contributed by atoms with Gasteiger partial charge in [-0.15, -0.1) is 0 Å². The Labute approximate surface area is 137 Å². The fraction of sp³-hybridized carbons (Fsp3) is 0.556. The van der Waals surface area contributed by atoms with Gasteiger partial charge < -0.3 is 14.7 Å². The zero-order chi connectivity index (χ0) is 17.1. The molecular weight excluding hydrogens is 294 g/mol. The van der Waals surface area contributed by atoms with Gasteiger partial charge in [0, 0.05) is 13.0 Å². The summed E-state index contributed by atoms with van der Waals surface area (Å²) in [5.41, 5.74) is 4.30. The summed E-state index contributed by atoms with van der Waals surface area (Å²) < 4.78 is 5.02. The molecule has 0 aromatic heterocycles. The van der Waals surface area contributed by atoms with Crippen LogP contribution < -0.4 is 0 Å². The number of ether oxygens (including phenoxy) is 1. The first-order chi connectivity index (χ1) is 10.8. The molecule has 1 amide bonds. The van der Waals surface area contributed by atoms with Gasteiger partial charge in [-0.1, -0.05) is 17.7 Å². The van der Waals surface area contributed by atoms with Gasteiger partial charge in [0.25, 0.3) is 0 Å². The Hall–Kier alpha value is -1.88. The van der Waals surface area contributed by atoms with E-state index in [-0.39, 0.29) is 31.9 Å². The van der Waals surface area contributed by atoms with Crippen LogP contribution in [0.1, 0.15) is 35.6 Å². The molecule has 1 aliphatic rings. The van der Waals surface area contributed by atoms with Crippen molar-refractivity contribution in [3.05, 3.63) is 34.4 Å². The summed E-state index contributed by atoms with van der Waals surface area (Å²) in [5, 5.41) is 9.85. The molecule has 5 nitrogen and oxygen atoms in total. The molecule has 2 atom stereocenters. The molecule has 1 aliphatic heterocycles. The fourth-order valence-electron chi connectivity index (χ4n) is 3.29. The zero-order valence-electron chi connectivity index (χ0n) is 14.3. The average molecular weight is 319 g/mol. The molecular formula is C18H25NO4. The smallest absolute Gasteiger partial charge is 0.328 e. The van der Waals surface area contributed by atoms with E-state index in [1.54, 1.807) is 6.92 Å². The molecule has 23 heavy (non-hydrogen) atoms. The van der Waals surface area contributed by atoms with Crippen LogP contribution >= 0.6 is 0 Å². The standard InChI is InChI=1S/C18H25NO4/c1-5-23-18(22)16-8-14(20)10-19(16)17(21)9-15-12(3)6-11(2)7-13(15)4/h6-7,14,16,20H,5,8-10H2,1-4H3. The SMILES string of the molecule is CCOC(=O)C1CC(O)CN1C(=O)Cc1c(C)cc(C)cc1C. The Bertz CT molecular complexity index is 588. The summed E-state index contributed by atoms with van der Waals surface area (Å²) in [4.78, 5) is 26.1. The molecule has 0 saturated carbocycles. The molecule has 0 radical (unpaired) electrons. The van der Waals surface area contributed by atoms with E-state index < -0.39 is 18.1 Å². The number of likely N-dealkylation sites (tertiary alicyclic amines) is 1. The Balaban J connectivity index is 2.17. The second-order valence-electron chi connectivity index (χ2n) is 6.26. The van der Waals surface area contributed by atoms with E-state index in [0.29, 0.717) is 0 Å². The zero-order valence-corrected chi connectivity index (χ0v) is 14.3. The van der Waals surface area contributed by atoms with Crippen LogP contribution in [0.5, 0.6) is 0 Å². The molecule has 2 rings (SSSR count). The Kier molecular flexibility index (Phi) is 5.42. The second kappa shape index (κ2) is 7.13. The van der Waals surface area contributed by atoms with E-state index in [1.165, 1.54) is 4.90 Å². The number of aliphatic hydroxyl groups excluding tert-OH is 1. The van der Waals surface area contributed by atoms with Crippen LogP contribution in [0.3, 0.4) is 0 Å². The van der Waals surface area contributed by atoms with Gasteiger partial charge in [-0.05, 0) is 44.4 Å². The molecule has 1 saturated heterocycles. The van der Waals surface area contributed by atoms with Gasteiger partial charge in [0.15, 0.2) is 0 Å². The maximum atomic E-state index is 12.7. The molecule has 0 aliphatic carbocycles. The maximum Gasteiger partial charge on any atom is 0.328 e. The lowest BCUT2D eigenvalue weighted by Gasteiger charge is -2.23. The number of esters is 1. The molecule has 0 spiro atoms. The third kappa shape index (κ3) is 3.91. The van der Waals surface area contributed by atoms with E-state index in [9.17, 15) is 14.7 Å². The van der Waals surface area contributed by atoms with Crippen molar-refractivity contribution >= 4 is 11.9 Å². The normalized spacial score (nSPS) is 20.7. The van der Waals surface area contributed by atoms with E-state index in [0.717, 1.165) is 22.3 Å². The third-order valence-electron chi connectivity index (χ3n) is 4.33. The van der Waals surface area contributed by atoms with E-state index in [4.69, 9.17) is 4.74 Å². The number of carbonyl (C=O) groups is 2. The van der Waals surface area contributed by atoms with Gasteiger partial charge in [-0.25, -0.2) is 4.79 Å². The van der Waals surface area contributed by atoms with Crippen LogP contribution in [0.2, 0.25) is 0 Å². The van der Waals surface area contributed by atoms with Crippen molar-refractivity contribution < 1.29 is 19.4 Å². The summed E-state index contributed by atoms with van der Waals surface area (Å²) in [6.07, 6.45) is -0.189. The minimum atomic E-state index is -0.677. The van der Waals surface area contributed by atoms with Gasteiger partial charge >= 0.3 is 5.97 Å². The number of rotatable bonds is 4.